The Kier molecular flexibility index (Phi) is 4.60. The van der Waals surface area contributed by atoms with Gasteiger partial charge in [-0.05, 0) is 32.1 Å². The lowest BCUT2D eigenvalue weighted by molar-refractivity contribution is 0.376. The number of aromatic nitrogens is 2. The van der Waals surface area contributed by atoms with Crippen molar-refractivity contribution in [1.82, 2.24) is 14.9 Å². The monoisotopic (exact) mass is 235 g/mol. The van der Waals surface area contributed by atoms with Crippen LogP contribution in [0.25, 0.3) is 0 Å². The molecule has 1 atom stereocenters. The molecule has 0 aliphatic heterocycles. The Hall–Kier alpha value is -0.830. The first kappa shape index (κ1) is 12.6. The third-order valence-electron chi connectivity index (χ3n) is 3.98. The molecule has 1 aliphatic carbocycles. The Morgan fingerprint density at radius 1 is 1.47 bits per heavy atom. The van der Waals surface area contributed by atoms with Gasteiger partial charge in [0.15, 0.2) is 0 Å². The van der Waals surface area contributed by atoms with Crippen molar-refractivity contribution in [3.8, 4) is 0 Å². The summed E-state index contributed by atoms with van der Waals surface area (Å²) in [4.78, 5) is 4.24. The second-order valence-corrected chi connectivity index (χ2v) is 5.29. The molecule has 1 aliphatic rings. The zero-order valence-corrected chi connectivity index (χ0v) is 11.2. The summed E-state index contributed by atoms with van der Waals surface area (Å²) < 4.78 is 2.26. The molecule has 0 spiro atoms. The molecular formula is C14H25N3. The summed E-state index contributed by atoms with van der Waals surface area (Å²) in [6.45, 7) is 6.57. The fourth-order valence-electron chi connectivity index (χ4n) is 2.83. The van der Waals surface area contributed by atoms with Crippen LogP contribution in [0.1, 0.15) is 51.6 Å². The molecule has 1 saturated carbocycles. The standard InChI is InChI=1S/C14H25N3/c1-3-8-17-11-15-9-14(17)10-16-12(2)13-6-4-5-7-13/h9,11-13,16H,3-8,10H2,1-2H3/t12-/m0/s1. The molecule has 0 radical (unpaired) electrons. The van der Waals surface area contributed by atoms with Crippen LogP contribution in [-0.2, 0) is 13.1 Å². The number of imidazole rings is 1. The van der Waals surface area contributed by atoms with Gasteiger partial charge in [-0.3, -0.25) is 0 Å². The van der Waals surface area contributed by atoms with Crippen LogP contribution in [0.3, 0.4) is 0 Å². The van der Waals surface area contributed by atoms with Crippen LogP contribution < -0.4 is 5.32 Å². The maximum Gasteiger partial charge on any atom is 0.0948 e. The van der Waals surface area contributed by atoms with Gasteiger partial charge in [0.05, 0.1) is 12.0 Å². The fourth-order valence-corrected chi connectivity index (χ4v) is 2.83. The maximum atomic E-state index is 4.24. The van der Waals surface area contributed by atoms with Crippen molar-refractivity contribution in [1.29, 1.82) is 0 Å². The normalized spacial score (nSPS) is 18.7. The Labute approximate surface area is 105 Å². The summed E-state index contributed by atoms with van der Waals surface area (Å²) in [7, 11) is 0. The van der Waals surface area contributed by atoms with E-state index in [2.05, 4.69) is 28.7 Å². The zero-order chi connectivity index (χ0) is 12.1. The minimum atomic E-state index is 0.641. The highest BCUT2D eigenvalue weighted by Gasteiger charge is 2.21. The Morgan fingerprint density at radius 2 is 2.24 bits per heavy atom. The van der Waals surface area contributed by atoms with E-state index in [1.54, 1.807) is 0 Å². The quantitative estimate of drug-likeness (QED) is 0.821. The Balaban J connectivity index is 1.81. The lowest BCUT2D eigenvalue weighted by Crippen LogP contribution is -2.32. The smallest absolute Gasteiger partial charge is 0.0948 e. The molecule has 0 amide bonds. The average Bonchev–Trinajstić information content (AvgIpc) is 2.97. The van der Waals surface area contributed by atoms with Crippen LogP contribution in [0.5, 0.6) is 0 Å². The maximum absolute atomic E-state index is 4.24. The molecule has 1 aromatic rings. The molecule has 1 aromatic heterocycles. The average molecular weight is 235 g/mol. The van der Waals surface area contributed by atoms with Gasteiger partial charge < -0.3 is 9.88 Å². The fraction of sp³-hybridized carbons (Fsp3) is 0.786. The predicted octanol–water partition coefficient (Wildman–Crippen LogP) is 2.96. The van der Waals surface area contributed by atoms with Crippen molar-refractivity contribution in [2.45, 2.75) is 65.1 Å². The SMILES string of the molecule is CCCn1cncc1CN[C@@H](C)C1CCCC1. The molecule has 96 valence electrons. The summed E-state index contributed by atoms with van der Waals surface area (Å²) in [6.07, 6.45) is 10.8. The second-order valence-electron chi connectivity index (χ2n) is 5.29. The minimum Gasteiger partial charge on any atom is -0.333 e. The summed E-state index contributed by atoms with van der Waals surface area (Å²) in [5.74, 6) is 0.887. The van der Waals surface area contributed by atoms with Crippen LogP contribution in [-0.4, -0.2) is 15.6 Å². The van der Waals surface area contributed by atoms with E-state index in [0.717, 1.165) is 19.0 Å². The van der Waals surface area contributed by atoms with Gasteiger partial charge in [0, 0.05) is 25.3 Å². The van der Waals surface area contributed by atoms with Gasteiger partial charge in [-0.25, -0.2) is 4.98 Å². The number of aryl methyl sites for hydroxylation is 1. The number of rotatable bonds is 6. The zero-order valence-electron chi connectivity index (χ0n) is 11.2. The highest BCUT2D eigenvalue weighted by Crippen LogP contribution is 2.27. The van der Waals surface area contributed by atoms with Crippen LogP contribution in [0, 0.1) is 5.92 Å². The number of nitrogens with one attached hydrogen (secondary N) is 1. The molecule has 3 heteroatoms. The van der Waals surface area contributed by atoms with E-state index < -0.39 is 0 Å². The van der Waals surface area contributed by atoms with E-state index in [1.807, 2.05) is 12.5 Å². The molecule has 1 N–H and O–H groups in total. The van der Waals surface area contributed by atoms with Crippen molar-refractivity contribution in [2.24, 2.45) is 5.92 Å². The summed E-state index contributed by atoms with van der Waals surface area (Å²) in [5, 5.41) is 3.66. The number of hydrogen-bond donors (Lipinski definition) is 1. The molecule has 0 bridgehead atoms. The molecule has 1 heterocycles. The molecule has 0 unspecified atom stereocenters. The Bertz CT molecular complexity index is 326. The lowest BCUT2D eigenvalue weighted by atomic mass is 10.00. The van der Waals surface area contributed by atoms with Gasteiger partial charge in [0.1, 0.15) is 0 Å². The highest BCUT2D eigenvalue weighted by atomic mass is 15.1. The van der Waals surface area contributed by atoms with Gasteiger partial charge in [-0.1, -0.05) is 19.8 Å². The molecule has 3 nitrogen and oxygen atoms in total. The molecule has 17 heavy (non-hydrogen) atoms. The highest BCUT2D eigenvalue weighted by molar-refractivity contribution is 4.98. The molecule has 0 saturated heterocycles. The molecule has 0 aromatic carbocycles. The van der Waals surface area contributed by atoms with Crippen LogP contribution >= 0.6 is 0 Å². The summed E-state index contributed by atoms with van der Waals surface area (Å²) in [5.41, 5.74) is 1.32. The lowest BCUT2D eigenvalue weighted by Gasteiger charge is -2.20. The van der Waals surface area contributed by atoms with E-state index in [4.69, 9.17) is 0 Å². The summed E-state index contributed by atoms with van der Waals surface area (Å²) in [6, 6.07) is 0.641. The van der Waals surface area contributed by atoms with E-state index >= 15 is 0 Å². The Morgan fingerprint density at radius 3 is 2.94 bits per heavy atom. The van der Waals surface area contributed by atoms with Crippen molar-refractivity contribution in [2.75, 3.05) is 0 Å². The first-order valence-electron chi connectivity index (χ1n) is 7.03. The molecular weight excluding hydrogens is 210 g/mol. The largest absolute Gasteiger partial charge is 0.333 e. The predicted molar refractivity (Wildman–Crippen MR) is 70.8 cm³/mol. The van der Waals surface area contributed by atoms with Gasteiger partial charge in [0.2, 0.25) is 0 Å². The van der Waals surface area contributed by atoms with Gasteiger partial charge in [-0.2, -0.15) is 0 Å². The van der Waals surface area contributed by atoms with Gasteiger partial charge >= 0.3 is 0 Å². The van der Waals surface area contributed by atoms with E-state index in [-0.39, 0.29) is 0 Å². The van der Waals surface area contributed by atoms with E-state index in [9.17, 15) is 0 Å². The third-order valence-corrected chi connectivity index (χ3v) is 3.98. The molecule has 1 fully saturated rings. The third kappa shape index (κ3) is 3.32. The topological polar surface area (TPSA) is 29.9 Å². The van der Waals surface area contributed by atoms with Crippen LogP contribution in [0.15, 0.2) is 12.5 Å². The van der Waals surface area contributed by atoms with Gasteiger partial charge in [0.25, 0.3) is 0 Å². The number of hydrogen-bond acceptors (Lipinski definition) is 2. The first-order valence-corrected chi connectivity index (χ1v) is 7.03. The number of nitrogens with zero attached hydrogens (tertiary/aromatic N) is 2. The van der Waals surface area contributed by atoms with Crippen molar-refractivity contribution >= 4 is 0 Å². The van der Waals surface area contributed by atoms with Gasteiger partial charge in [-0.15, -0.1) is 0 Å². The minimum absolute atomic E-state index is 0.641. The van der Waals surface area contributed by atoms with Crippen molar-refractivity contribution < 1.29 is 0 Å². The summed E-state index contributed by atoms with van der Waals surface area (Å²) >= 11 is 0. The van der Waals surface area contributed by atoms with Crippen LogP contribution in [0.4, 0.5) is 0 Å². The second kappa shape index (κ2) is 6.20. The van der Waals surface area contributed by atoms with Crippen molar-refractivity contribution in [3.63, 3.8) is 0 Å². The van der Waals surface area contributed by atoms with E-state index in [1.165, 1.54) is 37.8 Å². The van der Waals surface area contributed by atoms with Crippen LogP contribution in [0.2, 0.25) is 0 Å². The molecule has 2 rings (SSSR count). The van der Waals surface area contributed by atoms with Crippen molar-refractivity contribution in [3.05, 3.63) is 18.2 Å². The van der Waals surface area contributed by atoms with E-state index in [0.29, 0.717) is 6.04 Å². The first-order chi connectivity index (χ1) is 8.31.